The highest BCUT2D eigenvalue weighted by Crippen LogP contribution is 2.31. The number of anilines is 1. The van der Waals surface area contributed by atoms with Crippen molar-refractivity contribution in [3.8, 4) is 0 Å². The van der Waals surface area contributed by atoms with Gasteiger partial charge in [0.15, 0.2) is 0 Å². The molecule has 3 nitrogen and oxygen atoms in total. The first-order chi connectivity index (χ1) is 8.47. The summed E-state index contributed by atoms with van der Waals surface area (Å²) in [5.41, 5.74) is 2.07. The molecule has 1 aliphatic heterocycles. The highest BCUT2D eigenvalue weighted by molar-refractivity contribution is 9.10. The van der Waals surface area contributed by atoms with Crippen molar-refractivity contribution in [1.82, 2.24) is 0 Å². The van der Waals surface area contributed by atoms with Gasteiger partial charge in [-0.2, -0.15) is 0 Å². The van der Waals surface area contributed by atoms with Gasteiger partial charge in [-0.1, -0.05) is 15.9 Å². The summed E-state index contributed by atoms with van der Waals surface area (Å²) in [6.45, 7) is 7.71. The average molecular weight is 314 g/mol. The third kappa shape index (κ3) is 3.05. The fourth-order valence-corrected chi connectivity index (χ4v) is 2.90. The van der Waals surface area contributed by atoms with E-state index in [9.17, 15) is 5.11 Å². The molecule has 1 heterocycles. The summed E-state index contributed by atoms with van der Waals surface area (Å²) in [6, 6.07) is 6.08. The summed E-state index contributed by atoms with van der Waals surface area (Å²) in [5, 5.41) is 9.91. The Kier molecular flexibility index (Phi) is 4.30. The van der Waals surface area contributed by atoms with Crippen molar-refractivity contribution in [2.75, 3.05) is 18.0 Å². The Labute approximate surface area is 117 Å². The summed E-state index contributed by atoms with van der Waals surface area (Å²) in [4.78, 5) is 2.30. The van der Waals surface area contributed by atoms with Crippen LogP contribution in [-0.2, 0) is 4.74 Å². The maximum absolute atomic E-state index is 9.91. The number of hydrogen-bond donors (Lipinski definition) is 1. The van der Waals surface area contributed by atoms with E-state index < -0.39 is 6.10 Å². The molecular weight excluding hydrogens is 294 g/mol. The van der Waals surface area contributed by atoms with Crippen LogP contribution in [0.5, 0.6) is 0 Å². The minimum Gasteiger partial charge on any atom is -0.389 e. The zero-order valence-electron chi connectivity index (χ0n) is 11.1. The smallest absolute Gasteiger partial charge is 0.0782 e. The molecule has 1 saturated heterocycles. The van der Waals surface area contributed by atoms with Crippen molar-refractivity contribution in [3.05, 3.63) is 28.2 Å². The van der Waals surface area contributed by atoms with Gasteiger partial charge in [0.1, 0.15) is 0 Å². The molecule has 1 N–H and O–H groups in total. The van der Waals surface area contributed by atoms with E-state index in [0.717, 1.165) is 28.8 Å². The molecular formula is C14H20BrNO2. The first-order valence-electron chi connectivity index (χ1n) is 6.35. The molecule has 1 unspecified atom stereocenters. The van der Waals surface area contributed by atoms with E-state index in [0.29, 0.717) is 0 Å². The van der Waals surface area contributed by atoms with Crippen molar-refractivity contribution in [2.24, 2.45) is 0 Å². The Balaban J connectivity index is 2.32. The molecule has 0 radical (unpaired) electrons. The summed E-state index contributed by atoms with van der Waals surface area (Å²) in [5.74, 6) is 0. The molecule has 2 rings (SSSR count). The second kappa shape index (κ2) is 5.59. The minimum absolute atomic E-state index is 0.222. The third-order valence-corrected chi connectivity index (χ3v) is 3.69. The lowest BCUT2D eigenvalue weighted by molar-refractivity contribution is -0.00538. The van der Waals surface area contributed by atoms with Crippen molar-refractivity contribution >= 4 is 21.6 Å². The topological polar surface area (TPSA) is 32.7 Å². The molecule has 0 aliphatic carbocycles. The van der Waals surface area contributed by atoms with E-state index in [2.05, 4.69) is 40.7 Å². The predicted molar refractivity (Wildman–Crippen MR) is 77.0 cm³/mol. The molecule has 1 aromatic rings. The Morgan fingerprint density at radius 2 is 1.94 bits per heavy atom. The van der Waals surface area contributed by atoms with Crippen molar-refractivity contribution in [2.45, 2.75) is 39.1 Å². The van der Waals surface area contributed by atoms with Gasteiger partial charge in [-0.25, -0.2) is 0 Å². The number of aliphatic hydroxyl groups is 1. The van der Waals surface area contributed by atoms with Gasteiger partial charge in [0.25, 0.3) is 0 Å². The van der Waals surface area contributed by atoms with Gasteiger partial charge in [-0.05, 0) is 39.0 Å². The van der Waals surface area contributed by atoms with E-state index in [1.807, 2.05) is 12.1 Å². The number of nitrogens with zero attached hydrogens (tertiary/aromatic N) is 1. The second-order valence-corrected chi connectivity index (χ2v) is 5.96. The van der Waals surface area contributed by atoms with Crippen LogP contribution in [0.4, 0.5) is 5.69 Å². The van der Waals surface area contributed by atoms with Crippen molar-refractivity contribution in [3.63, 3.8) is 0 Å². The monoisotopic (exact) mass is 313 g/mol. The number of ether oxygens (including phenoxy) is 1. The lowest BCUT2D eigenvalue weighted by Gasteiger charge is -2.38. The molecule has 0 amide bonds. The van der Waals surface area contributed by atoms with Gasteiger partial charge in [0.2, 0.25) is 0 Å². The largest absolute Gasteiger partial charge is 0.389 e. The van der Waals surface area contributed by atoms with Crippen LogP contribution in [0.3, 0.4) is 0 Å². The average Bonchev–Trinajstić information content (AvgIpc) is 2.27. The van der Waals surface area contributed by atoms with Gasteiger partial charge in [0.05, 0.1) is 18.3 Å². The molecule has 1 aliphatic rings. The molecule has 0 bridgehead atoms. The molecule has 0 spiro atoms. The van der Waals surface area contributed by atoms with Crippen molar-refractivity contribution in [1.29, 1.82) is 0 Å². The highest BCUT2D eigenvalue weighted by atomic mass is 79.9. The zero-order chi connectivity index (χ0) is 13.3. The number of benzene rings is 1. The number of hydrogen-bond acceptors (Lipinski definition) is 3. The van der Waals surface area contributed by atoms with Gasteiger partial charge in [-0.15, -0.1) is 0 Å². The van der Waals surface area contributed by atoms with Crippen LogP contribution in [0.25, 0.3) is 0 Å². The van der Waals surface area contributed by atoms with Crippen LogP contribution < -0.4 is 4.90 Å². The summed E-state index contributed by atoms with van der Waals surface area (Å²) >= 11 is 3.46. The maximum Gasteiger partial charge on any atom is 0.0782 e. The third-order valence-electron chi connectivity index (χ3n) is 3.20. The molecule has 0 saturated carbocycles. The summed E-state index contributed by atoms with van der Waals surface area (Å²) in [7, 11) is 0. The van der Waals surface area contributed by atoms with E-state index in [1.165, 1.54) is 0 Å². The zero-order valence-corrected chi connectivity index (χ0v) is 12.6. The maximum atomic E-state index is 9.91. The SMILES string of the molecule is CC(O)c1cc(Br)ccc1N1C[C@@H](C)O[C@@H](C)C1. The van der Waals surface area contributed by atoms with Gasteiger partial charge < -0.3 is 14.7 Å². The van der Waals surface area contributed by atoms with E-state index in [-0.39, 0.29) is 12.2 Å². The molecule has 1 aromatic carbocycles. The number of rotatable bonds is 2. The minimum atomic E-state index is -0.467. The number of morpholine rings is 1. The van der Waals surface area contributed by atoms with Crippen LogP contribution in [0.2, 0.25) is 0 Å². The van der Waals surface area contributed by atoms with Crippen LogP contribution >= 0.6 is 15.9 Å². The van der Waals surface area contributed by atoms with Gasteiger partial charge in [-0.3, -0.25) is 0 Å². The molecule has 4 heteroatoms. The molecule has 3 atom stereocenters. The fourth-order valence-electron chi connectivity index (χ4n) is 2.52. The highest BCUT2D eigenvalue weighted by Gasteiger charge is 2.24. The molecule has 1 fully saturated rings. The Morgan fingerprint density at radius 1 is 1.33 bits per heavy atom. The number of halogens is 1. The Morgan fingerprint density at radius 3 is 2.50 bits per heavy atom. The van der Waals surface area contributed by atoms with Crippen molar-refractivity contribution < 1.29 is 9.84 Å². The molecule has 100 valence electrons. The number of aliphatic hydroxyl groups excluding tert-OH is 1. The lowest BCUT2D eigenvalue weighted by atomic mass is 10.1. The van der Waals surface area contributed by atoms with E-state index in [4.69, 9.17) is 4.74 Å². The van der Waals surface area contributed by atoms with Crippen LogP contribution in [0.1, 0.15) is 32.4 Å². The first kappa shape index (κ1) is 13.8. The summed E-state index contributed by atoms with van der Waals surface area (Å²) < 4.78 is 6.75. The normalized spacial score (nSPS) is 26.2. The van der Waals surface area contributed by atoms with E-state index >= 15 is 0 Å². The fraction of sp³-hybridized carbons (Fsp3) is 0.571. The standard InChI is InChI=1S/C14H20BrNO2/c1-9-7-16(8-10(2)18-9)14-5-4-12(15)6-13(14)11(3)17/h4-6,9-11,17H,7-8H2,1-3H3/t9-,10+,11?. The van der Waals surface area contributed by atoms with Crippen LogP contribution in [0.15, 0.2) is 22.7 Å². The van der Waals surface area contributed by atoms with Crippen LogP contribution in [-0.4, -0.2) is 30.4 Å². The predicted octanol–water partition coefficient (Wildman–Crippen LogP) is 3.12. The Hall–Kier alpha value is -0.580. The van der Waals surface area contributed by atoms with E-state index in [1.54, 1.807) is 6.92 Å². The second-order valence-electron chi connectivity index (χ2n) is 5.04. The first-order valence-corrected chi connectivity index (χ1v) is 7.14. The van der Waals surface area contributed by atoms with Gasteiger partial charge in [0, 0.05) is 28.8 Å². The lowest BCUT2D eigenvalue weighted by Crippen LogP contribution is -2.45. The molecule has 0 aromatic heterocycles. The van der Waals surface area contributed by atoms with Gasteiger partial charge >= 0.3 is 0 Å². The summed E-state index contributed by atoms with van der Waals surface area (Å²) in [6.07, 6.45) is -0.0237. The molecule has 18 heavy (non-hydrogen) atoms. The Bertz CT molecular complexity index is 412. The van der Waals surface area contributed by atoms with Crippen LogP contribution in [0, 0.1) is 0 Å². The quantitative estimate of drug-likeness (QED) is 0.910.